The van der Waals surface area contributed by atoms with Crippen LogP contribution in [0.25, 0.3) is 0 Å². The minimum Gasteiger partial charge on any atom is -0.353 e. The molecule has 0 spiro atoms. The number of anilines is 1. The molecule has 0 saturated carbocycles. The molecule has 3 heterocycles. The number of nitrogens with zero attached hydrogens (tertiary/aromatic N) is 6. The van der Waals surface area contributed by atoms with Crippen LogP contribution in [0.3, 0.4) is 0 Å². The van der Waals surface area contributed by atoms with E-state index in [1.807, 2.05) is 6.92 Å². The number of aryl methyl sites for hydroxylation is 1. The van der Waals surface area contributed by atoms with E-state index >= 15 is 0 Å². The molecule has 7 heteroatoms. The predicted molar refractivity (Wildman–Crippen MR) is 74.6 cm³/mol. The minimum atomic E-state index is 0.205. The maximum Gasteiger partial charge on any atom is 0.226 e. The molecule has 0 bridgehead atoms. The summed E-state index contributed by atoms with van der Waals surface area (Å²) in [6.07, 6.45) is 5.91. The van der Waals surface area contributed by atoms with E-state index in [1.165, 1.54) is 6.20 Å². The van der Waals surface area contributed by atoms with Crippen LogP contribution in [0.4, 0.5) is 5.82 Å². The normalized spacial score (nSPS) is 18.5. The average Bonchev–Trinajstić information content (AvgIpc) is 3.04. The van der Waals surface area contributed by atoms with Crippen molar-refractivity contribution in [1.82, 2.24) is 20.1 Å². The van der Waals surface area contributed by atoms with Crippen LogP contribution in [0.2, 0.25) is 0 Å². The molecule has 1 saturated heterocycles. The van der Waals surface area contributed by atoms with Crippen LogP contribution < -0.4 is 4.90 Å². The number of hydrogen-bond acceptors (Lipinski definition) is 7. The first-order valence-corrected chi connectivity index (χ1v) is 7.10. The molecule has 1 fully saturated rings. The van der Waals surface area contributed by atoms with Crippen LogP contribution in [-0.4, -0.2) is 33.2 Å². The van der Waals surface area contributed by atoms with Crippen molar-refractivity contribution in [3.8, 4) is 6.07 Å². The first-order valence-electron chi connectivity index (χ1n) is 7.10. The van der Waals surface area contributed by atoms with Gasteiger partial charge < -0.3 is 9.42 Å². The van der Waals surface area contributed by atoms with E-state index in [0.29, 0.717) is 17.4 Å². The molecule has 1 aliphatic heterocycles. The molecule has 2 aromatic heterocycles. The van der Waals surface area contributed by atoms with Crippen molar-refractivity contribution in [3.05, 3.63) is 29.8 Å². The van der Waals surface area contributed by atoms with E-state index in [9.17, 15) is 0 Å². The second-order valence-corrected chi connectivity index (χ2v) is 5.03. The molecule has 2 aromatic rings. The quantitative estimate of drug-likeness (QED) is 0.846. The molecule has 108 valence electrons. The van der Waals surface area contributed by atoms with Crippen LogP contribution in [0.15, 0.2) is 16.9 Å². The SMILES string of the molecule is CCc1nc([C@H]2CCCN(c3nccnc3C#N)C2)no1. The Kier molecular flexibility index (Phi) is 3.77. The van der Waals surface area contributed by atoms with E-state index in [-0.39, 0.29) is 5.92 Å². The number of hydrogen-bond donors (Lipinski definition) is 0. The number of rotatable bonds is 3. The van der Waals surface area contributed by atoms with E-state index in [1.54, 1.807) is 6.20 Å². The summed E-state index contributed by atoms with van der Waals surface area (Å²) in [6, 6.07) is 2.10. The maximum atomic E-state index is 9.15. The summed E-state index contributed by atoms with van der Waals surface area (Å²) < 4.78 is 5.19. The highest BCUT2D eigenvalue weighted by molar-refractivity contribution is 5.50. The maximum absolute atomic E-state index is 9.15. The summed E-state index contributed by atoms with van der Waals surface area (Å²) in [5.41, 5.74) is 0.362. The van der Waals surface area contributed by atoms with Gasteiger partial charge in [-0.15, -0.1) is 0 Å². The lowest BCUT2D eigenvalue weighted by atomic mass is 9.97. The Hall–Kier alpha value is -2.49. The minimum absolute atomic E-state index is 0.205. The standard InChI is InChI=1S/C14H16N6O/c1-2-12-18-13(19-21-12)10-4-3-7-20(9-10)14-11(8-15)16-5-6-17-14/h5-6,10H,2-4,7,9H2,1H3/t10-/m0/s1. The Morgan fingerprint density at radius 1 is 1.43 bits per heavy atom. The van der Waals surface area contributed by atoms with Crippen molar-refractivity contribution < 1.29 is 4.52 Å². The summed E-state index contributed by atoms with van der Waals surface area (Å²) in [5.74, 6) is 2.26. The molecule has 0 amide bonds. The first kappa shape index (κ1) is 13.5. The van der Waals surface area contributed by atoms with Crippen molar-refractivity contribution in [2.45, 2.75) is 32.1 Å². The Labute approximate surface area is 122 Å². The fourth-order valence-electron chi connectivity index (χ4n) is 2.60. The molecule has 0 unspecified atom stereocenters. The van der Waals surface area contributed by atoms with Gasteiger partial charge in [0.1, 0.15) is 6.07 Å². The van der Waals surface area contributed by atoms with Crippen LogP contribution in [0.5, 0.6) is 0 Å². The van der Waals surface area contributed by atoms with Gasteiger partial charge >= 0.3 is 0 Å². The molecule has 0 radical (unpaired) electrons. The zero-order valence-electron chi connectivity index (χ0n) is 11.9. The molecular weight excluding hydrogens is 268 g/mol. The summed E-state index contributed by atoms with van der Waals surface area (Å²) >= 11 is 0. The van der Waals surface area contributed by atoms with Gasteiger partial charge in [0.05, 0.1) is 0 Å². The van der Waals surface area contributed by atoms with Crippen LogP contribution >= 0.6 is 0 Å². The first-order chi connectivity index (χ1) is 10.3. The zero-order valence-corrected chi connectivity index (χ0v) is 11.9. The third kappa shape index (κ3) is 2.70. The summed E-state index contributed by atoms with van der Waals surface area (Å²) in [4.78, 5) is 14.9. The molecule has 0 aliphatic carbocycles. The van der Waals surface area contributed by atoms with Gasteiger partial charge in [0.15, 0.2) is 17.3 Å². The second kappa shape index (κ2) is 5.87. The largest absolute Gasteiger partial charge is 0.353 e. The van der Waals surface area contributed by atoms with Gasteiger partial charge in [-0.3, -0.25) is 0 Å². The van der Waals surface area contributed by atoms with Crippen molar-refractivity contribution in [2.24, 2.45) is 0 Å². The Morgan fingerprint density at radius 2 is 2.29 bits per heavy atom. The van der Waals surface area contributed by atoms with Crippen LogP contribution in [0.1, 0.15) is 43.1 Å². The molecule has 0 N–H and O–H groups in total. The van der Waals surface area contributed by atoms with Gasteiger partial charge in [-0.1, -0.05) is 12.1 Å². The molecule has 3 rings (SSSR count). The van der Waals surface area contributed by atoms with Gasteiger partial charge in [-0.05, 0) is 12.8 Å². The Balaban J connectivity index is 1.81. The highest BCUT2D eigenvalue weighted by Gasteiger charge is 2.27. The number of aromatic nitrogens is 4. The average molecular weight is 284 g/mol. The molecule has 1 aliphatic rings. The van der Waals surface area contributed by atoms with Gasteiger partial charge in [0.2, 0.25) is 5.89 Å². The van der Waals surface area contributed by atoms with Crippen molar-refractivity contribution >= 4 is 5.82 Å². The van der Waals surface area contributed by atoms with Gasteiger partial charge in [-0.2, -0.15) is 10.2 Å². The topological polar surface area (TPSA) is 91.7 Å². The smallest absolute Gasteiger partial charge is 0.226 e. The van der Waals surface area contributed by atoms with Crippen LogP contribution in [0, 0.1) is 11.3 Å². The molecule has 0 aromatic carbocycles. The lowest BCUT2D eigenvalue weighted by Crippen LogP contribution is -2.36. The summed E-state index contributed by atoms with van der Waals surface area (Å²) in [7, 11) is 0. The van der Waals surface area contributed by atoms with E-state index in [0.717, 1.165) is 38.2 Å². The fraction of sp³-hybridized carbons (Fsp3) is 0.500. The Bertz CT molecular complexity index is 661. The summed E-state index contributed by atoms with van der Waals surface area (Å²) in [5, 5.41) is 13.2. The van der Waals surface area contributed by atoms with Crippen LogP contribution in [-0.2, 0) is 6.42 Å². The third-order valence-electron chi connectivity index (χ3n) is 3.66. The molecule has 21 heavy (non-hydrogen) atoms. The molecular formula is C14H16N6O. The zero-order chi connectivity index (χ0) is 14.7. The van der Waals surface area contributed by atoms with Crippen molar-refractivity contribution in [2.75, 3.05) is 18.0 Å². The highest BCUT2D eigenvalue weighted by atomic mass is 16.5. The third-order valence-corrected chi connectivity index (χ3v) is 3.66. The molecule has 7 nitrogen and oxygen atoms in total. The Morgan fingerprint density at radius 3 is 3.05 bits per heavy atom. The predicted octanol–water partition coefficient (Wildman–Crippen LogP) is 1.68. The lowest BCUT2D eigenvalue weighted by Gasteiger charge is -2.32. The fourth-order valence-corrected chi connectivity index (χ4v) is 2.60. The lowest BCUT2D eigenvalue weighted by molar-refractivity contribution is 0.368. The van der Waals surface area contributed by atoms with Crippen molar-refractivity contribution in [1.29, 1.82) is 5.26 Å². The monoisotopic (exact) mass is 284 g/mol. The summed E-state index contributed by atoms with van der Waals surface area (Å²) in [6.45, 7) is 3.58. The number of nitriles is 1. The molecule has 1 atom stereocenters. The van der Waals surface area contributed by atoms with Crippen molar-refractivity contribution in [3.63, 3.8) is 0 Å². The highest BCUT2D eigenvalue weighted by Crippen LogP contribution is 2.28. The van der Waals surface area contributed by atoms with Gasteiger partial charge in [-0.25, -0.2) is 9.97 Å². The van der Waals surface area contributed by atoms with E-state index in [2.05, 4.69) is 31.1 Å². The van der Waals surface area contributed by atoms with E-state index < -0.39 is 0 Å². The van der Waals surface area contributed by atoms with E-state index in [4.69, 9.17) is 9.78 Å². The van der Waals surface area contributed by atoms with Gasteiger partial charge in [0.25, 0.3) is 0 Å². The number of piperidine rings is 1. The second-order valence-electron chi connectivity index (χ2n) is 5.03. The van der Waals surface area contributed by atoms with Gasteiger partial charge in [0, 0.05) is 37.8 Å².